The Bertz CT molecular complexity index is 1290. The Morgan fingerprint density at radius 1 is 0.464 bits per heavy atom. The zero-order chi connectivity index (χ0) is 19.7. The zero-order valence-electron chi connectivity index (χ0n) is 16.7. The van der Waals surface area contributed by atoms with Gasteiger partial charge >= 0.3 is 0 Å². The second-order valence-corrected chi connectivity index (χ2v) is 8.36. The average molecular weight is 401 g/mol. The molecule has 0 aliphatic heterocycles. The highest BCUT2D eigenvalue weighted by molar-refractivity contribution is 7.36. The summed E-state index contributed by atoms with van der Waals surface area (Å²) >= 11 is 3.86. The second-order valence-electron chi connectivity index (χ2n) is 6.25. The van der Waals surface area contributed by atoms with Gasteiger partial charge in [0, 0.05) is 20.2 Å². The Hall–Kier alpha value is -2.42. The molecule has 0 spiro atoms. The predicted molar refractivity (Wildman–Crippen MR) is 132 cm³/mol. The Labute approximate surface area is 174 Å². The lowest BCUT2D eigenvalue weighted by Gasteiger charge is -1.98. The monoisotopic (exact) mass is 400 g/mol. The van der Waals surface area contributed by atoms with Crippen LogP contribution in [0.5, 0.6) is 0 Å². The molecule has 0 unspecified atom stereocenters. The van der Waals surface area contributed by atoms with Crippen molar-refractivity contribution < 1.29 is 0 Å². The number of hydrogen-bond acceptors (Lipinski definition) is 2. The summed E-state index contributed by atoms with van der Waals surface area (Å²) in [6.45, 7) is 8.00. The molecule has 4 aromatic carbocycles. The lowest BCUT2D eigenvalue weighted by Crippen LogP contribution is -1.71. The smallest absolute Gasteiger partial charge is 0.0542 e. The normalized spacial score (nSPS) is 10.9. The minimum absolute atomic E-state index is 1.33. The van der Waals surface area contributed by atoms with Gasteiger partial charge in [-0.05, 0) is 45.8 Å². The maximum absolute atomic E-state index is 2.36. The lowest BCUT2D eigenvalue weighted by molar-refractivity contribution is 1.50. The van der Waals surface area contributed by atoms with E-state index < -0.39 is 0 Å². The summed E-state index contributed by atoms with van der Waals surface area (Å²) in [6, 6.07) is 26.7. The summed E-state index contributed by atoms with van der Waals surface area (Å²) in [6.07, 6.45) is 0. The number of benzene rings is 4. The van der Waals surface area contributed by atoms with Crippen LogP contribution in [0.4, 0.5) is 0 Å². The van der Waals surface area contributed by atoms with Gasteiger partial charge in [-0.2, -0.15) is 0 Å². The van der Waals surface area contributed by atoms with Crippen molar-refractivity contribution in [3.8, 4) is 0 Å². The Balaban J connectivity index is 0.000000454. The number of hydrogen-bond donors (Lipinski definition) is 0. The molecule has 0 bridgehead atoms. The fourth-order valence-corrected chi connectivity index (χ4v) is 6.33. The maximum atomic E-state index is 2.36. The average Bonchev–Trinajstić information content (AvgIpc) is 3.29. The minimum Gasteiger partial charge on any atom is -0.134 e. The summed E-state index contributed by atoms with van der Waals surface area (Å²) in [5.74, 6) is 0. The summed E-state index contributed by atoms with van der Waals surface area (Å²) in [7, 11) is 0. The number of fused-ring (bicyclic) bond motifs is 7. The van der Waals surface area contributed by atoms with E-state index in [4.69, 9.17) is 0 Å². The maximum Gasteiger partial charge on any atom is 0.0542 e. The number of thiophene rings is 2. The van der Waals surface area contributed by atoms with E-state index in [1.54, 1.807) is 0 Å². The van der Waals surface area contributed by atoms with Crippen molar-refractivity contribution in [2.45, 2.75) is 27.7 Å². The molecule has 0 radical (unpaired) electrons. The first-order valence-electron chi connectivity index (χ1n) is 10.0. The Kier molecular flexibility index (Phi) is 5.34. The molecule has 140 valence electrons. The van der Waals surface area contributed by atoms with Crippen molar-refractivity contribution in [2.75, 3.05) is 0 Å². The van der Waals surface area contributed by atoms with Crippen LogP contribution in [0.2, 0.25) is 0 Å². The van der Waals surface area contributed by atoms with Gasteiger partial charge in [-0.25, -0.2) is 0 Å². The van der Waals surface area contributed by atoms with Crippen molar-refractivity contribution in [3.63, 3.8) is 0 Å². The van der Waals surface area contributed by atoms with Crippen LogP contribution in [0.25, 0.3) is 51.1 Å². The van der Waals surface area contributed by atoms with Gasteiger partial charge in [0.25, 0.3) is 0 Å². The SMILES string of the molecule is CC.CC.c1ccc2cc3c(cc2c1)sc1c2cc4ccccc4cc2sc31. The van der Waals surface area contributed by atoms with Crippen molar-refractivity contribution in [2.24, 2.45) is 0 Å². The van der Waals surface area contributed by atoms with E-state index in [0.29, 0.717) is 0 Å². The van der Waals surface area contributed by atoms with E-state index >= 15 is 0 Å². The van der Waals surface area contributed by atoms with E-state index in [1.165, 1.54) is 51.1 Å². The molecule has 0 saturated heterocycles. The van der Waals surface area contributed by atoms with Gasteiger partial charge in [-0.3, -0.25) is 0 Å². The molecule has 0 aliphatic rings. The first-order valence-corrected chi connectivity index (χ1v) is 11.7. The van der Waals surface area contributed by atoms with Crippen LogP contribution in [0, 0.1) is 0 Å². The molecule has 0 atom stereocenters. The molecule has 0 N–H and O–H groups in total. The third-order valence-electron chi connectivity index (χ3n) is 4.82. The van der Waals surface area contributed by atoms with Crippen LogP contribution in [0.1, 0.15) is 27.7 Å². The summed E-state index contributed by atoms with van der Waals surface area (Å²) < 4.78 is 5.66. The third kappa shape index (κ3) is 2.97. The summed E-state index contributed by atoms with van der Waals surface area (Å²) in [4.78, 5) is 0. The highest BCUT2D eigenvalue weighted by atomic mass is 32.1. The Morgan fingerprint density at radius 3 is 1.14 bits per heavy atom. The molecule has 2 aromatic heterocycles. The van der Waals surface area contributed by atoms with Crippen LogP contribution < -0.4 is 0 Å². The molecule has 2 heteroatoms. The summed E-state index contributed by atoms with van der Waals surface area (Å²) in [5.41, 5.74) is 0. The standard InChI is InChI=1S/C22H12S2.2C2H6/c1-3-7-15-11-19-17(9-13(15)5-1)21-22(23-19)18-10-14-6-2-4-8-16(14)12-20(18)24-21;2*1-2/h1-12H;2*1-2H3. The molecule has 2 heterocycles. The van der Waals surface area contributed by atoms with E-state index in [-0.39, 0.29) is 0 Å². The minimum atomic E-state index is 1.33. The van der Waals surface area contributed by atoms with Gasteiger partial charge in [0.2, 0.25) is 0 Å². The largest absolute Gasteiger partial charge is 0.134 e. The predicted octanol–water partition coefficient (Wildman–Crippen LogP) is 9.63. The van der Waals surface area contributed by atoms with E-state index in [9.17, 15) is 0 Å². The Morgan fingerprint density at radius 2 is 0.786 bits per heavy atom. The van der Waals surface area contributed by atoms with Gasteiger partial charge < -0.3 is 0 Å². The van der Waals surface area contributed by atoms with Gasteiger partial charge in [0.05, 0.1) is 9.40 Å². The quantitative estimate of drug-likeness (QED) is 0.238. The van der Waals surface area contributed by atoms with E-state index in [0.717, 1.165) is 0 Å². The lowest BCUT2D eigenvalue weighted by atomic mass is 10.1. The molecular weight excluding hydrogens is 376 g/mol. The molecule has 0 amide bonds. The first-order chi connectivity index (χ1) is 13.9. The van der Waals surface area contributed by atoms with Crippen LogP contribution in [-0.2, 0) is 0 Å². The van der Waals surface area contributed by atoms with Crippen LogP contribution >= 0.6 is 22.7 Å². The van der Waals surface area contributed by atoms with Gasteiger partial charge in [0.1, 0.15) is 0 Å². The van der Waals surface area contributed by atoms with Crippen LogP contribution in [-0.4, -0.2) is 0 Å². The van der Waals surface area contributed by atoms with Gasteiger partial charge in [-0.1, -0.05) is 76.2 Å². The fraction of sp³-hybridized carbons (Fsp3) is 0.154. The second kappa shape index (κ2) is 7.90. The highest BCUT2D eigenvalue weighted by Crippen LogP contribution is 2.46. The van der Waals surface area contributed by atoms with Crippen molar-refractivity contribution in [3.05, 3.63) is 72.8 Å². The topological polar surface area (TPSA) is 0 Å². The van der Waals surface area contributed by atoms with Crippen LogP contribution in [0.3, 0.4) is 0 Å². The molecule has 6 rings (SSSR count). The summed E-state index contributed by atoms with van der Waals surface area (Å²) in [5, 5.41) is 8.11. The molecular formula is C26H24S2. The van der Waals surface area contributed by atoms with Crippen molar-refractivity contribution >= 4 is 73.8 Å². The molecule has 0 nitrogen and oxygen atoms in total. The molecule has 6 aromatic rings. The van der Waals surface area contributed by atoms with Gasteiger partial charge in [-0.15, -0.1) is 22.7 Å². The van der Waals surface area contributed by atoms with E-state index in [1.807, 2.05) is 50.4 Å². The third-order valence-corrected chi connectivity index (χ3v) is 7.32. The van der Waals surface area contributed by atoms with Gasteiger partial charge in [0.15, 0.2) is 0 Å². The first kappa shape index (κ1) is 18.9. The van der Waals surface area contributed by atoms with Crippen molar-refractivity contribution in [1.82, 2.24) is 0 Å². The zero-order valence-corrected chi connectivity index (χ0v) is 18.4. The highest BCUT2D eigenvalue weighted by Gasteiger charge is 2.13. The molecule has 0 saturated carbocycles. The molecule has 0 aliphatic carbocycles. The fourth-order valence-electron chi connectivity index (χ4n) is 3.63. The number of rotatable bonds is 0. The van der Waals surface area contributed by atoms with Crippen LogP contribution in [0.15, 0.2) is 72.8 Å². The van der Waals surface area contributed by atoms with E-state index in [2.05, 4.69) is 72.8 Å². The van der Waals surface area contributed by atoms with Crippen molar-refractivity contribution in [1.29, 1.82) is 0 Å². The molecule has 28 heavy (non-hydrogen) atoms. The molecule has 0 fully saturated rings.